The molecule has 6 heteroatoms. The van der Waals surface area contributed by atoms with E-state index < -0.39 is 5.97 Å². The number of nitrogens with zero attached hydrogens (tertiary/aromatic N) is 1. The van der Waals surface area contributed by atoms with Gasteiger partial charge in [0.05, 0.1) is 19.2 Å². The van der Waals surface area contributed by atoms with Gasteiger partial charge in [0.15, 0.2) is 0 Å². The molecular weight excluding hydrogens is 402 g/mol. The number of pyridine rings is 1. The number of fused-ring (bicyclic) bond motifs is 1. The van der Waals surface area contributed by atoms with Crippen LogP contribution in [-0.4, -0.2) is 24.7 Å². The SMILES string of the molecule is CCOC(=O)c1cc(C2CC2)c2nc(Cl)ccc2c1OCc1ccc(C)cc1OC. The quantitative estimate of drug-likeness (QED) is 0.351. The minimum absolute atomic E-state index is 0.246. The van der Waals surface area contributed by atoms with Gasteiger partial charge in [-0.25, -0.2) is 9.78 Å². The van der Waals surface area contributed by atoms with Gasteiger partial charge in [-0.1, -0.05) is 23.7 Å². The average molecular weight is 426 g/mol. The fraction of sp³-hybridized carbons (Fsp3) is 0.333. The zero-order valence-electron chi connectivity index (χ0n) is 17.3. The highest BCUT2D eigenvalue weighted by Gasteiger charge is 2.30. The Morgan fingerprint density at radius 1 is 1.20 bits per heavy atom. The van der Waals surface area contributed by atoms with Crippen LogP contribution in [0.1, 0.15) is 52.7 Å². The van der Waals surface area contributed by atoms with Gasteiger partial charge in [0.1, 0.15) is 28.8 Å². The third kappa shape index (κ3) is 4.08. The van der Waals surface area contributed by atoms with Crippen LogP contribution in [0.3, 0.4) is 0 Å². The summed E-state index contributed by atoms with van der Waals surface area (Å²) in [6.07, 6.45) is 2.15. The van der Waals surface area contributed by atoms with Crippen LogP contribution in [0.2, 0.25) is 5.15 Å². The van der Waals surface area contributed by atoms with E-state index in [1.807, 2.05) is 37.3 Å². The monoisotopic (exact) mass is 425 g/mol. The number of hydrogen-bond donors (Lipinski definition) is 0. The van der Waals surface area contributed by atoms with Crippen molar-refractivity contribution in [2.24, 2.45) is 0 Å². The van der Waals surface area contributed by atoms with E-state index in [1.165, 1.54) is 0 Å². The molecule has 0 unspecified atom stereocenters. The molecule has 0 spiro atoms. The van der Waals surface area contributed by atoms with Gasteiger partial charge in [-0.2, -0.15) is 0 Å². The summed E-state index contributed by atoms with van der Waals surface area (Å²) in [6.45, 7) is 4.33. The second-order valence-electron chi connectivity index (χ2n) is 7.47. The molecule has 30 heavy (non-hydrogen) atoms. The number of halogens is 1. The van der Waals surface area contributed by atoms with Gasteiger partial charge in [0.25, 0.3) is 0 Å². The van der Waals surface area contributed by atoms with E-state index in [0.29, 0.717) is 29.0 Å². The molecule has 0 N–H and O–H groups in total. The van der Waals surface area contributed by atoms with Crippen molar-refractivity contribution in [1.29, 1.82) is 0 Å². The Hall–Kier alpha value is -2.79. The Bertz CT molecular complexity index is 1110. The summed E-state index contributed by atoms with van der Waals surface area (Å²) in [5.74, 6) is 1.19. The van der Waals surface area contributed by atoms with Crippen LogP contribution in [0.5, 0.6) is 11.5 Å². The van der Waals surface area contributed by atoms with Gasteiger partial charge in [0, 0.05) is 10.9 Å². The minimum Gasteiger partial charge on any atom is -0.496 e. The number of esters is 1. The van der Waals surface area contributed by atoms with Crippen molar-refractivity contribution in [3.05, 3.63) is 63.8 Å². The van der Waals surface area contributed by atoms with Crippen molar-refractivity contribution in [3.63, 3.8) is 0 Å². The largest absolute Gasteiger partial charge is 0.496 e. The second-order valence-corrected chi connectivity index (χ2v) is 7.86. The lowest BCUT2D eigenvalue weighted by Crippen LogP contribution is -2.10. The molecule has 1 aromatic heterocycles. The molecule has 5 nitrogen and oxygen atoms in total. The molecule has 0 radical (unpaired) electrons. The highest BCUT2D eigenvalue weighted by atomic mass is 35.5. The smallest absolute Gasteiger partial charge is 0.341 e. The first-order chi connectivity index (χ1) is 14.5. The number of carbonyl (C=O) groups is 1. The van der Waals surface area contributed by atoms with Crippen LogP contribution >= 0.6 is 11.6 Å². The Labute approximate surface area is 180 Å². The van der Waals surface area contributed by atoms with E-state index in [4.69, 9.17) is 25.8 Å². The molecule has 0 atom stereocenters. The molecule has 1 aliphatic rings. The number of rotatable bonds is 7. The van der Waals surface area contributed by atoms with Crippen molar-refractivity contribution in [2.45, 2.75) is 39.2 Å². The number of aromatic nitrogens is 1. The Morgan fingerprint density at radius 3 is 2.70 bits per heavy atom. The van der Waals surface area contributed by atoms with Crippen LogP contribution in [0, 0.1) is 6.92 Å². The lowest BCUT2D eigenvalue weighted by Gasteiger charge is -2.17. The summed E-state index contributed by atoms with van der Waals surface area (Å²) < 4.78 is 17.0. The molecule has 4 rings (SSSR count). The molecule has 1 aliphatic carbocycles. The van der Waals surface area contributed by atoms with Gasteiger partial charge in [0.2, 0.25) is 0 Å². The van der Waals surface area contributed by atoms with Crippen LogP contribution < -0.4 is 9.47 Å². The molecule has 2 aromatic carbocycles. The van der Waals surface area contributed by atoms with Crippen molar-refractivity contribution >= 4 is 28.5 Å². The minimum atomic E-state index is -0.401. The number of benzene rings is 2. The summed E-state index contributed by atoms with van der Waals surface area (Å²) >= 11 is 6.19. The van der Waals surface area contributed by atoms with Crippen molar-refractivity contribution in [3.8, 4) is 11.5 Å². The molecular formula is C24H24ClNO4. The van der Waals surface area contributed by atoms with E-state index in [1.54, 1.807) is 20.1 Å². The van der Waals surface area contributed by atoms with Gasteiger partial charge in [-0.15, -0.1) is 0 Å². The van der Waals surface area contributed by atoms with E-state index in [9.17, 15) is 4.79 Å². The average Bonchev–Trinajstić information content (AvgIpc) is 3.57. The number of methoxy groups -OCH3 is 1. The van der Waals surface area contributed by atoms with Gasteiger partial charge in [-0.05, 0) is 68.0 Å². The van der Waals surface area contributed by atoms with Crippen LogP contribution in [-0.2, 0) is 11.3 Å². The van der Waals surface area contributed by atoms with E-state index >= 15 is 0 Å². The summed E-state index contributed by atoms with van der Waals surface area (Å²) in [5.41, 5.74) is 4.21. The number of hydrogen-bond acceptors (Lipinski definition) is 5. The first-order valence-corrected chi connectivity index (χ1v) is 10.5. The second kappa shape index (κ2) is 8.52. The van der Waals surface area contributed by atoms with E-state index in [-0.39, 0.29) is 6.61 Å². The van der Waals surface area contributed by atoms with Crippen molar-refractivity contribution < 1.29 is 19.0 Å². The van der Waals surface area contributed by atoms with Crippen LogP contribution in [0.25, 0.3) is 10.9 Å². The van der Waals surface area contributed by atoms with Crippen molar-refractivity contribution in [2.75, 3.05) is 13.7 Å². The molecule has 0 saturated heterocycles. The molecule has 0 amide bonds. The first-order valence-electron chi connectivity index (χ1n) is 10.1. The molecule has 3 aromatic rings. The number of ether oxygens (including phenoxy) is 3. The Kier molecular flexibility index (Phi) is 5.82. The fourth-order valence-corrected chi connectivity index (χ4v) is 3.76. The fourth-order valence-electron chi connectivity index (χ4n) is 3.62. The highest BCUT2D eigenvalue weighted by Crippen LogP contribution is 2.46. The van der Waals surface area contributed by atoms with Gasteiger partial charge >= 0.3 is 5.97 Å². The third-order valence-electron chi connectivity index (χ3n) is 5.25. The topological polar surface area (TPSA) is 57.7 Å². The van der Waals surface area contributed by atoms with Gasteiger partial charge < -0.3 is 14.2 Å². The molecule has 0 aliphatic heterocycles. The predicted molar refractivity (Wildman–Crippen MR) is 117 cm³/mol. The zero-order chi connectivity index (χ0) is 21.3. The normalized spacial score (nSPS) is 13.3. The maximum absolute atomic E-state index is 12.8. The van der Waals surface area contributed by atoms with Gasteiger partial charge in [-0.3, -0.25) is 0 Å². The summed E-state index contributed by atoms with van der Waals surface area (Å²) in [4.78, 5) is 17.3. The highest BCUT2D eigenvalue weighted by molar-refractivity contribution is 6.29. The van der Waals surface area contributed by atoms with Crippen LogP contribution in [0.15, 0.2) is 36.4 Å². The summed E-state index contributed by atoms with van der Waals surface area (Å²) in [5, 5.41) is 1.18. The first kappa shape index (κ1) is 20.5. The summed E-state index contributed by atoms with van der Waals surface area (Å²) in [6, 6.07) is 11.4. The van der Waals surface area contributed by atoms with Crippen molar-refractivity contribution in [1.82, 2.24) is 4.98 Å². The molecule has 156 valence electrons. The van der Waals surface area contributed by atoms with Crippen LogP contribution in [0.4, 0.5) is 0 Å². The number of aryl methyl sites for hydroxylation is 1. The molecule has 1 heterocycles. The Balaban J connectivity index is 1.81. The maximum atomic E-state index is 12.8. The lowest BCUT2D eigenvalue weighted by molar-refractivity contribution is 0.0521. The summed E-state index contributed by atoms with van der Waals surface area (Å²) in [7, 11) is 1.63. The predicted octanol–water partition coefficient (Wildman–Crippen LogP) is 5.84. The zero-order valence-corrected chi connectivity index (χ0v) is 18.1. The Morgan fingerprint density at radius 2 is 2.00 bits per heavy atom. The molecule has 1 fully saturated rings. The van der Waals surface area contributed by atoms with E-state index in [2.05, 4.69) is 4.98 Å². The molecule has 0 bridgehead atoms. The molecule has 1 saturated carbocycles. The third-order valence-corrected chi connectivity index (χ3v) is 5.46. The standard InChI is InChI=1S/C24H24ClNO4/c1-4-29-24(27)19-12-18(15-7-8-15)22-17(9-10-21(25)26-22)23(19)30-13-16-6-5-14(2)11-20(16)28-3/h5-6,9-12,15H,4,7-8,13H2,1-3H3. The van der Waals surface area contributed by atoms with E-state index in [0.717, 1.165) is 46.2 Å². The lowest BCUT2D eigenvalue weighted by atomic mass is 10.00. The maximum Gasteiger partial charge on any atom is 0.341 e. The number of carbonyl (C=O) groups excluding carboxylic acids is 1.